The van der Waals surface area contributed by atoms with Crippen molar-refractivity contribution in [1.29, 1.82) is 0 Å². The molecule has 0 bridgehead atoms. The van der Waals surface area contributed by atoms with E-state index in [4.69, 9.17) is 0 Å². The van der Waals surface area contributed by atoms with E-state index in [2.05, 4.69) is 5.14 Å². The van der Waals surface area contributed by atoms with Gasteiger partial charge < -0.3 is 0 Å². The first-order valence-electron chi connectivity index (χ1n) is 11.9. The van der Waals surface area contributed by atoms with Crippen LogP contribution in [-0.4, -0.2) is 114 Å². The molecule has 1 saturated carbocycles. The number of primary sulfonamides is 1. The highest BCUT2D eigenvalue weighted by Crippen LogP contribution is 2.76. The monoisotopic (exact) mass is 961 g/mol. The lowest BCUT2D eigenvalue weighted by atomic mass is 9.67. The summed E-state index contributed by atoms with van der Waals surface area (Å²) in [6.07, 6.45) is -8.47. The van der Waals surface area contributed by atoms with Crippen molar-refractivity contribution in [3.63, 3.8) is 0 Å². The van der Waals surface area contributed by atoms with Crippen LogP contribution < -0.4 is 5.14 Å². The van der Waals surface area contributed by atoms with E-state index in [1.165, 1.54) is 0 Å². The van der Waals surface area contributed by atoms with Crippen LogP contribution in [0.5, 0.6) is 0 Å². The van der Waals surface area contributed by atoms with Gasteiger partial charge in [0.1, 0.15) is 0 Å². The van der Waals surface area contributed by atoms with Gasteiger partial charge in [-0.05, 0) is 0 Å². The zero-order valence-electron chi connectivity index (χ0n) is 24.0. The fourth-order valence-corrected chi connectivity index (χ4v) is 5.12. The van der Waals surface area contributed by atoms with Crippen LogP contribution >= 0.6 is 0 Å². The molecule has 0 unspecified atom stereocenters. The molecule has 0 aromatic heterocycles. The molecule has 0 saturated heterocycles. The first kappa shape index (κ1) is 52.5. The minimum atomic E-state index is -10.5. The molecule has 1 fully saturated rings. The van der Waals surface area contributed by atoms with Crippen LogP contribution in [-0.2, 0) is 10.0 Å². The number of nitrogens with two attached hydrogens (primary N) is 1. The zero-order valence-corrected chi connectivity index (χ0v) is 24.8. The quantitative estimate of drug-likeness (QED) is 0.198. The van der Waals surface area contributed by atoms with Gasteiger partial charge in [-0.15, -0.1) is 0 Å². The molecule has 39 heteroatoms. The predicted octanol–water partition coefficient (Wildman–Crippen LogP) is 9.75. The van der Waals surface area contributed by atoms with Crippen molar-refractivity contribution in [3.8, 4) is 0 Å². The SMILES string of the molecule is NS(=O)(=O)C1(F)C(F)(F)C(F)(F)C(F)(C(F)(F)C(F)(F)C(F)(F)C(F)(F)C(F)(F)C(F)(F)C(F)(F)C(F)(F)C(F)(F)C(F)(F)C(F)(F)C(F)(F)F)C(F)(F)C1(F)F. The molecule has 0 aliphatic heterocycles. The molecule has 3 nitrogen and oxygen atoms in total. The molecule has 57 heavy (non-hydrogen) atoms. The molecule has 0 heterocycles. The molecule has 1 aliphatic carbocycles. The van der Waals surface area contributed by atoms with Crippen LogP contribution in [0, 0.1) is 0 Å². The van der Waals surface area contributed by atoms with Crippen molar-refractivity contribution in [2.45, 2.75) is 106 Å². The van der Waals surface area contributed by atoms with Gasteiger partial charge in [0.2, 0.25) is 0 Å². The Hall–Kier alpha value is -2.54. The second kappa shape index (κ2) is 11.8. The summed E-state index contributed by atoms with van der Waals surface area (Å²) in [4.78, 5) is 0. The van der Waals surface area contributed by atoms with Gasteiger partial charge in [0.25, 0.3) is 10.0 Å². The first-order chi connectivity index (χ1) is 23.8. The van der Waals surface area contributed by atoms with Crippen LogP contribution in [0.1, 0.15) is 0 Å². The highest BCUT2D eigenvalue weighted by atomic mass is 32.2. The van der Waals surface area contributed by atoms with E-state index < -0.39 is 116 Å². The normalized spacial score (nSPS) is 26.4. The standard InChI is InChI=1S/C18H2F35NO2S/c19-1(3(22,23)14(44,45)17(50,57(54,55)56)15(46,47)4(1,24)25)2(20,21)5(26,27)6(28,29)7(30,31)8(32,33)9(34,35)10(36,37)11(38,39)12(40,41)13(42,43)16(48,49)18(51,52)53/h(H2,54,55,56). The topological polar surface area (TPSA) is 60.2 Å². The van der Waals surface area contributed by atoms with Crippen LogP contribution in [0.4, 0.5) is 154 Å². The van der Waals surface area contributed by atoms with Gasteiger partial charge in [0, 0.05) is 0 Å². The Kier molecular flexibility index (Phi) is 10.9. The summed E-state index contributed by atoms with van der Waals surface area (Å²) in [5.41, 5.74) is -10.2. The van der Waals surface area contributed by atoms with E-state index in [1.54, 1.807) is 0 Å². The van der Waals surface area contributed by atoms with Crippen molar-refractivity contribution in [2.75, 3.05) is 0 Å². The van der Waals surface area contributed by atoms with Crippen molar-refractivity contribution < 1.29 is 162 Å². The highest BCUT2D eigenvalue weighted by molar-refractivity contribution is 7.90. The Balaban J connectivity index is 4.33. The average molecular weight is 961 g/mol. The number of alkyl halides is 35. The third kappa shape index (κ3) is 4.99. The third-order valence-corrected chi connectivity index (χ3v) is 8.88. The van der Waals surface area contributed by atoms with Crippen LogP contribution in [0.15, 0.2) is 0 Å². The van der Waals surface area contributed by atoms with E-state index in [0.717, 1.165) is 0 Å². The summed E-state index contributed by atoms with van der Waals surface area (Å²) >= 11 is 0. The second-order valence-corrected chi connectivity index (χ2v) is 12.6. The van der Waals surface area contributed by atoms with Gasteiger partial charge in [-0.2, -0.15) is 145 Å². The Bertz CT molecular complexity index is 1660. The highest BCUT2D eigenvalue weighted by Gasteiger charge is 3.10. The summed E-state index contributed by atoms with van der Waals surface area (Å²) in [7, 11) is -8.47. The van der Waals surface area contributed by atoms with Crippen molar-refractivity contribution >= 4 is 10.0 Å². The molecule has 342 valence electrons. The minimum absolute atomic E-state index is 3.24. The smallest absolute Gasteiger partial charge is 0.226 e. The maximum absolute atomic E-state index is 14.8. The lowest BCUT2D eigenvalue weighted by Gasteiger charge is -2.56. The Morgan fingerprint density at radius 1 is 0.298 bits per heavy atom. The van der Waals surface area contributed by atoms with Gasteiger partial charge in [0.15, 0.2) is 0 Å². The molecule has 1 aliphatic rings. The molecule has 0 radical (unpaired) electrons. The summed E-state index contributed by atoms with van der Waals surface area (Å²) in [5.74, 6) is -149. The van der Waals surface area contributed by atoms with Gasteiger partial charge in [-0.3, -0.25) is 0 Å². The summed E-state index contributed by atoms with van der Waals surface area (Å²) in [6, 6.07) is 0. The zero-order chi connectivity index (χ0) is 47.5. The maximum Gasteiger partial charge on any atom is 0.460 e. The van der Waals surface area contributed by atoms with Crippen molar-refractivity contribution in [3.05, 3.63) is 0 Å². The fourth-order valence-electron chi connectivity index (χ4n) is 4.15. The number of hydrogen-bond acceptors (Lipinski definition) is 2. The van der Waals surface area contributed by atoms with Gasteiger partial charge in [-0.1, -0.05) is 0 Å². The van der Waals surface area contributed by atoms with Crippen molar-refractivity contribution in [2.24, 2.45) is 5.14 Å². The second-order valence-electron chi connectivity index (χ2n) is 10.9. The molecular formula is C18H2F35NO2S. The summed E-state index contributed by atoms with van der Waals surface area (Å²) in [6.45, 7) is 0. The molecule has 0 atom stereocenters. The molecule has 1 rings (SSSR count). The van der Waals surface area contributed by atoms with E-state index >= 15 is 0 Å². The number of hydrogen-bond donors (Lipinski definition) is 1. The molecule has 0 amide bonds. The lowest BCUT2D eigenvalue weighted by Crippen LogP contribution is -2.92. The van der Waals surface area contributed by atoms with E-state index in [0.29, 0.717) is 0 Å². The predicted molar refractivity (Wildman–Crippen MR) is 101 cm³/mol. The van der Waals surface area contributed by atoms with E-state index in [1.807, 2.05) is 0 Å². The van der Waals surface area contributed by atoms with Crippen LogP contribution in [0.3, 0.4) is 0 Å². The molecule has 0 aromatic rings. The molecule has 0 aromatic carbocycles. The Morgan fingerprint density at radius 2 is 0.474 bits per heavy atom. The lowest BCUT2D eigenvalue weighted by molar-refractivity contribution is -0.508. The van der Waals surface area contributed by atoms with E-state index in [-0.39, 0.29) is 0 Å². The van der Waals surface area contributed by atoms with E-state index in [9.17, 15) is 162 Å². The largest absolute Gasteiger partial charge is 0.460 e. The molecule has 0 spiro atoms. The van der Waals surface area contributed by atoms with Gasteiger partial charge in [-0.25, -0.2) is 22.3 Å². The molecule has 2 N–H and O–H groups in total. The minimum Gasteiger partial charge on any atom is -0.226 e. The summed E-state index contributed by atoms with van der Waals surface area (Å²) in [5, 5.41) is -5.35. The average Bonchev–Trinajstić information content (AvgIpc) is 2.96. The molecular weight excluding hydrogens is 959 g/mol. The number of halogens is 35. The Morgan fingerprint density at radius 3 is 0.649 bits per heavy atom. The van der Waals surface area contributed by atoms with Crippen LogP contribution in [0.2, 0.25) is 0 Å². The Labute approximate surface area is 284 Å². The van der Waals surface area contributed by atoms with Crippen LogP contribution in [0.25, 0.3) is 0 Å². The van der Waals surface area contributed by atoms with Gasteiger partial charge in [0.05, 0.1) is 0 Å². The number of rotatable bonds is 12. The fraction of sp³-hybridized carbons (Fsp3) is 1.00. The third-order valence-electron chi connectivity index (χ3n) is 7.59. The summed E-state index contributed by atoms with van der Waals surface area (Å²) < 4.78 is 503. The van der Waals surface area contributed by atoms with Crippen molar-refractivity contribution in [1.82, 2.24) is 0 Å². The van der Waals surface area contributed by atoms with Gasteiger partial charge >= 0.3 is 106 Å². The number of sulfonamides is 1. The maximum atomic E-state index is 14.8. The first-order valence-corrected chi connectivity index (χ1v) is 13.4.